The third kappa shape index (κ3) is 1.59. The number of carbonyl (C=O) groups is 1. The summed E-state index contributed by atoms with van der Waals surface area (Å²) >= 11 is 0. The van der Waals surface area contributed by atoms with E-state index in [1.54, 1.807) is 0 Å². The molecule has 4 aliphatic carbocycles. The number of benzene rings is 1. The fraction of sp³-hybridized carbons (Fsp3) is 0.550. The summed E-state index contributed by atoms with van der Waals surface area (Å²) in [4.78, 5) is 12.8. The van der Waals surface area contributed by atoms with Crippen LogP contribution in [0.3, 0.4) is 0 Å². The summed E-state index contributed by atoms with van der Waals surface area (Å²) in [5.74, 6) is 5.74. The van der Waals surface area contributed by atoms with Gasteiger partial charge >= 0.3 is 5.97 Å². The first kappa shape index (κ1) is 12.9. The molecule has 0 aromatic heterocycles. The van der Waals surface area contributed by atoms with Crippen LogP contribution in [0.5, 0.6) is 5.75 Å². The van der Waals surface area contributed by atoms with Crippen LogP contribution in [0, 0.1) is 47.3 Å². The van der Waals surface area contributed by atoms with E-state index in [1.165, 1.54) is 12.8 Å². The van der Waals surface area contributed by atoms with Crippen LogP contribution in [0.2, 0.25) is 0 Å². The Morgan fingerprint density at radius 2 is 1.68 bits per heavy atom. The maximum atomic E-state index is 12.8. The monoisotopic (exact) mass is 294 g/mol. The van der Waals surface area contributed by atoms with E-state index in [4.69, 9.17) is 4.74 Å². The van der Waals surface area contributed by atoms with Gasteiger partial charge in [-0.1, -0.05) is 37.3 Å². The zero-order valence-electron chi connectivity index (χ0n) is 12.9. The second-order valence-electron chi connectivity index (χ2n) is 7.79. The van der Waals surface area contributed by atoms with Crippen LogP contribution in [0.25, 0.3) is 0 Å². The first-order chi connectivity index (χ1) is 10.7. The number of hydrogen-bond acceptors (Lipinski definition) is 2. The molecule has 0 spiro atoms. The number of fused-ring (bicyclic) bond motifs is 9. The largest absolute Gasteiger partial charge is 0.426 e. The van der Waals surface area contributed by atoms with E-state index in [9.17, 15) is 4.79 Å². The van der Waals surface area contributed by atoms with Gasteiger partial charge in [0.15, 0.2) is 0 Å². The predicted octanol–water partition coefficient (Wildman–Crippen LogP) is 3.93. The first-order valence-electron chi connectivity index (χ1n) is 8.69. The molecule has 4 aliphatic rings. The summed E-state index contributed by atoms with van der Waals surface area (Å²) < 4.78 is 5.69. The third-order valence-electron chi connectivity index (χ3n) is 7.05. The van der Waals surface area contributed by atoms with Crippen molar-refractivity contribution in [2.24, 2.45) is 47.3 Å². The van der Waals surface area contributed by atoms with E-state index in [2.05, 4.69) is 19.1 Å². The van der Waals surface area contributed by atoms with Crippen LogP contribution in [-0.2, 0) is 4.79 Å². The topological polar surface area (TPSA) is 26.3 Å². The van der Waals surface area contributed by atoms with E-state index in [0.29, 0.717) is 17.6 Å². The fourth-order valence-corrected chi connectivity index (χ4v) is 6.40. The minimum Gasteiger partial charge on any atom is -0.426 e. The van der Waals surface area contributed by atoms with Crippen molar-refractivity contribution in [3.05, 3.63) is 42.5 Å². The molecule has 4 bridgehead atoms. The number of para-hydroxylation sites is 1. The summed E-state index contributed by atoms with van der Waals surface area (Å²) in [6, 6.07) is 9.54. The lowest BCUT2D eigenvalue weighted by atomic mass is 9.65. The summed E-state index contributed by atoms with van der Waals surface area (Å²) in [5.41, 5.74) is 0. The Bertz CT molecular complexity index is 634. The summed E-state index contributed by atoms with van der Waals surface area (Å²) in [7, 11) is 0. The highest BCUT2D eigenvalue weighted by Gasteiger charge is 2.65. The van der Waals surface area contributed by atoms with E-state index < -0.39 is 0 Å². The standard InChI is InChI=1S/C20H22O2/c1-11-15-10-16(19-13-8-7-12(9-13)18(15)19)17(11)20(21)22-14-5-3-2-4-6-14/h2-8,11-13,15-19H,9-10H2,1H3. The van der Waals surface area contributed by atoms with Gasteiger partial charge in [0.1, 0.15) is 5.75 Å². The van der Waals surface area contributed by atoms with Gasteiger partial charge in [0.2, 0.25) is 0 Å². The van der Waals surface area contributed by atoms with Gasteiger partial charge in [-0.3, -0.25) is 4.79 Å². The molecule has 0 amide bonds. The van der Waals surface area contributed by atoms with Gasteiger partial charge in [-0.25, -0.2) is 0 Å². The smallest absolute Gasteiger partial charge is 0.314 e. The minimum absolute atomic E-state index is 0.0106. The number of rotatable bonds is 2. The van der Waals surface area contributed by atoms with Crippen LogP contribution in [0.1, 0.15) is 19.8 Å². The molecule has 5 rings (SSSR count). The molecule has 1 aromatic rings. The van der Waals surface area contributed by atoms with Crippen LogP contribution >= 0.6 is 0 Å². The van der Waals surface area contributed by atoms with Crippen molar-refractivity contribution in [3.63, 3.8) is 0 Å². The molecule has 8 unspecified atom stereocenters. The molecule has 3 saturated carbocycles. The van der Waals surface area contributed by atoms with Crippen molar-refractivity contribution in [1.82, 2.24) is 0 Å². The molecule has 0 heterocycles. The highest BCUT2D eigenvalue weighted by atomic mass is 16.5. The Balaban J connectivity index is 1.40. The third-order valence-corrected chi connectivity index (χ3v) is 7.05. The number of ether oxygens (including phenoxy) is 1. The van der Waals surface area contributed by atoms with Gasteiger partial charge < -0.3 is 4.74 Å². The predicted molar refractivity (Wildman–Crippen MR) is 84.0 cm³/mol. The van der Waals surface area contributed by atoms with Crippen LogP contribution in [0.4, 0.5) is 0 Å². The molecular weight excluding hydrogens is 272 g/mol. The van der Waals surface area contributed by atoms with Crippen LogP contribution in [-0.4, -0.2) is 5.97 Å². The maximum absolute atomic E-state index is 12.8. The first-order valence-corrected chi connectivity index (χ1v) is 8.69. The molecule has 0 radical (unpaired) electrons. The quantitative estimate of drug-likeness (QED) is 0.357. The molecule has 22 heavy (non-hydrogen) atoms. The SMILES string of the molecule is CC1C2CC(C1C(=O)Oc1ccccc1)C1C3C=CC(C3)C21. The van der Waals surface area contributed by atoms with Crippen LogP contribution in [0.15, 0.2) is 42.5 Å². The average Bonchev–Trinajstić information content (AvgIpc) is 3.26. The highest BCUT2D eigenvalue weighted by Crippen LogP contribution is 2.68. The van der Waals surface area contributed by atoms with Crippen molar-refractivity contribution in [2.75, 3.05) is 0 Å². The number of allylic oxidation sites excluding steroid dienone is 2. The Morgan fingerprint density at radius 3 is 2.41 bits per heavy atom. The zero-order chi connectivity index (χ0) is 14.8. The molecule has 2 heteroatoms. The van der Waals surface area contributed by atoms with Crippen LogP contribution < -0.4 is 4.74 Å². The van der Waals surface area contributed by atoms with Crippen molar-refractivity contribution in [1.29, 1.82) is 0 Å². The molecule has 0 saturated heterocycles. The number of esters is 1. The minimum atomic E-state index is 0.0106. The lowest BCUT2D eigenvalue weighted by Gasteiger charge is -2.39. The van der Waals surface area contributed by atoms with Crippen molar-refractivity contribution in [3.8, 4) is 5.75 Å². The maximum Gasteiger partial charge on any atom is 0.314 e. The lowest BCUT2D eigenvalue weighted by Crippen LogP contribution is -2.40. The van der Waals surface area contributed by atoms with Gasteiger partial charge in [-0.2, -0.15) is 0 Å². The van der Waals surface area contributed by atoms with Gasteiger partial charge in [0.25, 0.3) is 0 Å². The van der Waals surface area contributed by atoms with Crippen molar-refractivity contribution >= 4 is 5.97 Å². The van der Waals surface area contributed by atoms with E-state index in [0.717, 1.165) is 29.6 Å². The van der Waals surface area contributed by atoms with Gasteiger partial charge in [-0.05, 0) is 66.4 Å². The zero-order valence-corrected chi connectivity index (χ0v) is 12.9. The van der Waals surface area contributed by atoms with Gasteiger partial charge in [-0.15, -0.1) is 0 Å². The molecular formula is C20H22O2. The Morgan fingerprint density at radius 1 is 1.00 bits per heavy atom. The molecule has 0 aliphatic heterocycles. The highest BCUT2D eigenvalue weighted by molar-refractivity contribution is 5.76. The molecule has 1 aromatic carbocycles. The Labute approximate surface area is 131 Å². The number of hydrogen-bond donors (Lipinski definition) is 0. The molecule has 2 nitrogen and oxygen atoms in total. The van der Waals surface area contributed by atoms with Crippen molar-refractivity contribution < 1.29 is 9.53 Å². The summed E-state index contributed by atoms with van der Waals surface area (Å²) in [6.07, 6.45) is 7.47. The molecule has 114 valence electrons. The molecule has 8 atom stereocenters. The number of carbonyl (C=O) groups excluding carboxylic acids is 1. The normalized spacial score (nSPS) is 47.0. The average molecular weight is 294 g/mol. The van der Waals surface area contributed by atoms with E-state index >= 15 is 0 Å². The Hall–Kier alpha value is -1.57. The molecule has 0 N–H and O–H groups in total. The Kier molecular flexibility index (Phi) is 2.62. The van der Waals surface area contributed by atoms with Crippen molar-refractivity contribution in [2.45, 2.75) is 19.8 Å². The van der Waals surface area contributed by atoms with Gasteiger partial charge in [0.05, 0.1) is 5.92 Å². The van der Waals surface area contributed by atoms with Gasteiger partial charge in [0, 0.05) is 0 Å². The second kappa shape index (κ2) is 4.47. The van der Waals surface area contributed by atoms with E-state index in [1.807, 2.05) is 30.3 Å². The second-order valence-corrected chi connectivity index (χ2v) is 7.79. The lowest BCUT2D eigenvalue weighted by molar-refractivity contribution is -0.144. The molecule has 3 fully saturated rings. The summed E-state index contributed by atoms with van der Waals surface area (Å²) in [6.45, 7) is 2.29. The van der Waals surface area contributed by atoms with E-state index in [-0.39, 0.29) is 11.9 Å². The summed E-state index contributed by atoms with van der Waals surface area (Å²) in [5, 5.41) is 0. The fourth-order valence-electron chi connectivity index (χ4n) is 6.40.